The van der Waals surface area contributed by atoms with Crippen LogP contribution in [0.3, 0.4) is 0 Å². The van der Waals surface area contributed by atoms with Gasteiger partial charge in [0.2, 0.25) is 11.8 Å². The number of carbonyl (C=O) groups is 2. The number of amides is 2. The van der Waals surface area contributed by atoms with Crippen LogP contribution in [0.4, 0.5) is 0 Å². The lowest BCUT2D eigenvalue weighted by atomic mass is 10.1. The molecular formula is C11H19ClN2O2. The molecule has 2 amide bonds. The molecule has 1 fully saturated rings. The average molecular weight is 247 g/mol. The Balaban J connectivity index is 2.63. The Morgan fingerprint density at radius 1 is 1.50 bits per heavy atom. The third-order valence-corrected chi connectivity index (χ3v) is 3.17. The van der Waals surface area contributed by atoms with Crippen molar-refractivity contribution >= 4 is 23.4 Å². The molecule has 0 aliphatic carbocycles. The molecule has 1 atom stereocenters. The van der Waals surface area contributed by atoms with Crippen molar-refractivity contribution in [3.63, 3.8) is 0 Å². The lowest BCUT2D eigenvalue weighted by Crippen LogP contribution is -2.45. The second kappa shape index (κ2) is 5.53. The fraction of sp³-hybridized carbons (Fsp3) is 0.818. The summed E-state index contributed by atoms with van der Waals surface area (Å²) < 4.78 is 0. The highest BCUT2D eigenvalue weighted by Crippen LogP contribution is 2.18. The Morgan fingerprint density at radius 3 is 2.56 bits per heavy atom. The normalized spacial score (nSPS) is 20.3. The standard InChI is InChI=1S/C11H19ClN2O2/c1-8(2)14(9(3)15)10-4-5-13(7-10)11(16)6-12/h8,10H,4-7H2,1-3H3/t10-/m1/s1. The Labute approximate surface area is 102 Å². The molecule has 0 bridgehead atoms. The smallest absolute Gasteiger partial charge is 0.237 e. The monoisotopic (exact) mass is 246 g/mol. The van der Waals surface area contributed by atoms with E-state index < -0.39 is 0 Å². The van der Waals surface area contributed by atoms with Gasteiger partial charge in [0.05, 0.1) is 6.04 Å². The zero-order chi connectivity index (χ0) is 12.3. The van der Waals surface area contributed by atoms with Crippen LogP contribution in [0.25, 0.3) is 0 Å². The maximum absolute atomic E-state index is 11.5. The molecule has 0 unspecified atom stereocenters. The fourth-order valence-corrected chi connectivity index (χ4v) is 2.49. The second-order valence-corrected chi connectivity index (χ2v) is 4.70. The topological polar surface area (TPSA) is 40.6 Å². The van der Waals surface area contributed by atoms with Crippen molar-refractivity contribution in [3.8, 4) is 0 Å². The minimum Gasteiger partial charge on any atom is -0.340 e. The summed E-state index contributed by atoms with van der Waals surface area (Å²) in [5.41, 5.74) is 0. The molecule has 4 nitrogen and oxygen atoms in total. The van der Waals surface area contributed by atoms with Gasteiger partial charge in [-0.2, -0.15) is 0 Å². The van der Waals surface area contributed by atoms with E-state index in [9.17, 15) is 9.59 Å². The van der Waals surface area contributed by atoms with E-state index in [2.05, 4.69) is 0 Å². The number of alkyl halides is 1. The molecule has 92 valence electrons. The third kappa shape index (κ3) is 2.88. The van der Waals surface area contributed by atoms with E-state index in [4.69, 9.17) is 11.6 Å². The Kier molecular flexibility index (Phi) is 4.59. The van der Waals surface area contributed by atoms with Crippen molar-refractivity contribution in [2.24, 2.45) is 0 Å². The molecule has 0 N–H and O–H groups in total. The second-order valence-electron chi connectivity index (χ2n) is 4.44. The van der Waals surface area contributed by atoms with Gasteiger partial charge >= 0.3 is 0 Å². The van der Waals surface area contributed by atoms with Crippen molar-refractivity contribution in [2.75, 3.05) is 19.0 Å². The van der Waals surface area contributed by atoms with E-state index in [1.165, 1.54) is 0 Å². The number of rotatable bonds is 3. The molecule has 1 aliphatic heterocycles. The van der Waals surface area contributed by atoms with Crippen LogP contribution >= 0.6 is 11.6 Å². The highest BCUT2D eigenvalue weighted by Gasteiger charge is 2.32. The molecule has 1 saturated heterocycles. The first-order chi connectivity index (χ1) is 7.47. The summed E-state index contributed by atoms with van der Waals surface area (Å²) in [6.07, 6.45) is 0.848. The fourth-order valence-electron chi connectivity index (χ4n) is 2.32. The van der Waals surface area contributed by atoms with Crippen LogP contribution in [-0.2, 0) is 9.59 Å². The van der Waals surface area contributed by atoms with Crippen molar-refractivity contribution in [1.29, 1.82) is 0 Å². The molecule has 1 heterocycles. The summed E-state index contributed by atoms with van der Waals surface area (Å²) in [4.78, 5) is 26.5. The molecule has 1 rings (SSSR count). The summed E-state index contributed by atoms with van der Waals surface area (Å²) in [7, 11) is 0. The van der Waals surface area contributed by atoms with Crippen LogP contribution in [0, 0.1) is 0 Å². The van der Waals surface area contributed by atoms with Crippen molar-refractivity contribution < 1.29 is 9.59 Å². The number of carbonyl (C=O) groups excluding carboxylic acids is 2. The van der Waals surface area contributed by atoms with E-state index in [0.29, 0.717) is 13.1 Å². The molecule has 0 aromatic carbocycles. The molecule has 0 saturated carbocycles. The molecule has 0 radical (unpaired) electrons. The van der Waals surface area contributed by atoms with Gasteiger partial charge in [0.15, 0.2) is 0 Å². The average Bonchev–Trinajstić information content (AvgIpc) is 2.64. The highest BCUT2D eigenvalue weighted by atomic mass is 35.5. The van der Waals surface area contributed by atoms with Crippen LogP contribution in [0.2, 0.25) is 0 Å². The van der Waals surface area contributed by atoms with Gasteiger partial charge < -0.3 is 9.80 Å². The first-order valence-corrected chi connectivity index (χ1v) is 6.13. The van der Waals surface area contributed by atoms with E-state index in [0.717, 1.165) is 6.42 Å². The van der Waals surface area contributed by atoms with Gasteiger partial charge in [-0.05, 0) is 20.3 Å². The highest BCUT2D eigenvalue weighted by molar-refractivity contribution is 6.27. The molecule has 0 spiro atoms. The number of halogens is 1. The predicted octanol–water partition coefficient (Wildman–Crippen LogP) is 1.08. The van der Waals surface area contributed by atoms with Crippen molar-refractivity contribution in [2.45, 2.75) is 39.3 Å². The number of hydrogen-bond donors (Lipinski definition) is 0. The van der Waals surface area contributed by atoms with Crippen LogP contribution < -0.4 is 0 Å². The van der Waals surface area contributed by atoms with Crippen LogP contribution in [0.1, 0.15) is 27.2 Å². The minimum absolute atomic E-state index is 0.0223. The zero-order valence-corrected chi connectivity index (χ0v) is 10.8. The van der Waals surface area contributed by atoms with Gasteiger partial charge in [-0.15, -0.1) is 11.6 Å². The van der Waals surface area contributed by atoms with Gasteiger partial charge in [0.1, 0.15) is 5.88 Å². The Bertz CT molecular complexity index is 281. The van der Waals surface area contributed by atoms with Gasteiger partial charge in [0.25, 0.3) is 0 Å². The first-order valence-electron chi connectivity index (χ1n) is 5.60. The Morgan fingerprint density at radius 2 is 2.12 bits per heavy atom. The molecule has 5 heteroatoms. The largest absolute Gasteiger partial charge is 0.340 e. The van der Waals surface area contributed by atoms with Gasteiger partial charge in [0, 0.05) is 26.1 Å². The van der Waals surface area contributed by atoms with E-state index in [1.54, 1.807) is 11.8 Å². The summed E-state index contributed by atoms with van der Waals surface area (Å²) in [5.74, 6) is 0.0469. The SMILES string of the molecule is CC(=O)N(C(C)C)[C@@H]1CCN(C(=O)CCl)C1. The summed E-state index contributed by atoms with van der Waals surface area (Å²) in [5, 5.41) is 0. The predicted molar refractivity (Wildman–Crippen MR) is 63.4 cm³/mol. The van der Waals surface area contributed by atoms with Crippen LogP contribution in [0.15, 0.2) is 0 Å². The number of likely N-dealkylation sites (tertiary alicyclic amines) is 1. The summed E-state index contributed by atoms with van der Waals surface area (Å²) in [6, 6.07) is 0.318. The zero-order valence-electron chi connectivity index (χ0n) is 10.1. The molecule has 1 aliphatic rings. The Hall–Kier alpha value is -0.770. The molecule has 16 heavy (non-hydrogen) atoms. The van der Waals surface area contributed by atoms with E-state index >= 15 is 0 Å². The van der Waals surface area contributed by atoms with Crippen molar-refractivity contribution in [1.82, 2.24) is 9.80 Å². The van der Waals surface area contributed by atoms with E-state index in [1.807, 2.05) is 18.7 Å². The van der Waals surface area contributed by atoms with Gasteiger partial charge in [-0.25, -0.2) is 0 Å². The van der Waals surface area contributed by atoms with Crippen LogP contribution in [-0.4, -0.2) is 52.7 Å². The first kappa shape index (κ1) is 13.3. The van der Waals surface area contributed by atoms with Crippen molar-refractivity contribution in [3.05, 3.63) is 0 Å². The quantitative estimate of drug-likeness (QED) is 0.700. The minimum atomic E-state index is -0.0450. The maximum Gasteiger partial charge on any atom is 0.237 e. The number of nitrogens with zero attached hydrogens (tertiary/aromatic N) is 2. The lowest BCUT2D eigenvalue weighted by Gasteiger charge is -2.31. The molecule has 0 aromatic rings. The van der Waals surface area contributed by atoms with E-state index in [-0.39, 0.29) is 29.8 Å². The summed E-state index contributed by atoms with van der Waals surface area (Å²) in [6.45, 7) is 6.88. The van der Waals surface area contributed by atoms with Crippen LogP contribution in [0.5, 0.6) is 0 Å². The van der Waals surface area contributed by atoms with Gasteiger partial charge in [-0.1, -0.05) is 0 Å². The molecular weight excluding hydrogens is 228 g/mol. The summed E-state index contributed by atoms with van der Waals surface area (Å²) >= 11 is 5.51. The number of hydrogen-bond acceptors (Lipinski definition) is 2. The maximum atomic E-state index is 11.5. The molecule has 0 aromatic heterocycles. The van der Waals surface area contributed by atoms with Gasteiger partial charge in [-0.3, -0.25) is 9.59 Å². The third-order valence-electron chi connectivity index (χ3n) is 2.94. The lowest BCUT2D eigenvalue weighted by molar-refractivity contribution is -0.134.